The molecule has 2 aromatic carbocycles. The first kappa shape index (κ1) is 14.9. The average molecular weight is 290 g/mol. The first-order valence-corrected chi connectivity index (χ1v) is 7.24. The van der Waals surface area contributed by atoms with Crippen LogP contribution in [-0.4, -0.2) is 13.7 Å². The topological polar surface area (TPSA) is 21.3 Å². The molecule has 0 aromatic heterocycles. The summed E-state index contributed by atoms with van der Waals surface area (Å²) in [6, 6.07) is 16.5. The van der Waals surface area contributed by atoms with Gasteiger partial charge in [0.1, 0.15) is 5.75 Å². The van der Waals surface area contributed by atoms with Gasteiger partial charge in [0.2, 0.25) is 0 Å². The smallest absolute Gasteiger partial charge is 0.137 e. The third kappa shape index (κ3) is 4.55. The van der Waals surface area contributed by atoms with E-state index < -0.39 is 0 Å². The molecule has 0 saturated heterocycles. The van der Waals surface area contributed by atoms with E-state index in [2.05, 4.69) is 35.6 Å². The molecule has 20 heavy (non-hydrogen) atoms. The fourth-order valence-electron chi connectivity index (χ4n) is 2.11. The fraction of sp³-hybridized carbons (Fsp3) is 0.294. The summed E-state index contributed by atoms with van der Waals surface area (Å²) in [6.07, 6.45) is 2.24. The highest BCUT2D eigenvalue weighted by Gasteiger charge is 2.01. The summed E-state index contributed by atoms with van der Waals surface area (Å²) in [6.45, 7) is 1.83. The lowest BCUT2D eigenvalue weighted by Crippen LogP contribution is -2.15. The lowest BCUT2D eigenvalue weighted by atomic mass is 10.1. The first-order valence-electron chi connectivity index (χ1n) is 6.86. The quantitative estimate of drug-likeness (QED) is 0.776. The van der Waals surface area contributed by atoms with Crippen LogP contribution in [-0.2, 0) is 13.0 Å². The minimum atomic E-state index is 0.663. The van der Waals surface area contributed by atoms with E-state index in [1.165, 1.54) is 11.1 Å². The standard InChI is InChI=1S/C17H20ClNO/c1-20-17-10-9-15(12-16(17)18)13-19-11-5-8-14-6-3-2-4-7-14/h2-4,6-7,9-10,12,19H,5,8,11,13H2,1H3. The molecule has 0 heterocycles. The summed E-state index contributed by atoms with van der Waals surface area (Å²) in [7, 11) is 1.63. The van der Waals surface area contributed by atoms with Gasteiger partial charge in [0, 0.05) is 6.54 Å². The normalized spacial score (nSPS) is 10.5. The Morgan fingerprint density at radius 2 is 1.85 bits per heavy atom. The minimum Gasteiger partial charge on any atom is -0.495 e. The van der Waals surface area contributed by atoms with E-state index in [1.807, 2.05) is 18.2 Å². The Morgan fingerprint density at radius 3 is 2.55 bits per heavy atom. The van der Waals surface area contributed by atoms with Gasteiger partial charge < -0.3 is 10.1 Å². The lowest BCUT2D eigenvalue weighted by molar-refractivity contribution is 0.415. The molecule has 0 aliphatic heterocycles. The van der Waals surface area contributed by atoms with E-state index in [1.54, 1.807) is 7.11 Å². The highest BCUT2D eigenvalue weighted by Crippen LogP contribution is 2.24. The van der Waals surface area contributed by atoms with Crippen LogP contribution in [0.15, 0.2) is 48.5 Å². The second-order valence-corrected chi connectivity index (χ2v) is 5.14. The Labute approximate surface area is 125 Å². The molecule has 3 heteroatoms. The number of halogens is 1. The number of aryl methyl sites for hydroxylation is 1. The predicted octanol–water partition coefficient (Wildman–Crippen LogP) is 4.07. The highest BCUT2D eigenvalue weighted by molar-refractivity contribution is 6.32. The van der Waals surface area contributed by atoms with Crippen molar-refractivity contribution in [2.75, 3.05) is 13.7 Å². The zero-order valence-electron chi connectivity index (χ0n) is 11.7. The second-order valence-electron chi connectivity index (χ2n) is 4.73. The molecular weight excluding hydrogens is 270 g/mol. The molecule has 106 valence electrons. The van der Waals surface area contributed by atoms with Crippen molar-refractivity contribution >= 4 is 11.6 Å². The van der Waals surface area contributed by atoms with Gasteiger partial charge in [-0.1, -0.05) is 48.0 Å². The molecule has 0 amide bonds. The summed E-state index contributed by atoms with van der Waals surface area (Å²) < 4.78 is 5.14. The summed E-state index contributed by atoms with van der Waals surface area (Å²) >= 11 is 6.10. The maximum Gasteiger partial charge on any atom is 0.137 e. The van der Waals surface area contributed by atoms with E-state index in [9.17, 15) is 0 Å². The van der Waals surface area contributed by atoms with Gasteiger partial charge in [-0.25, -0.2) is 0 Å². The second kappa shape index (κ2) is 7.93. The predicted molar refractivity (Wildman–Crippen MR) is 84.5 cm³/mol. The maximum absolute atomic E-state index is 6.10. The van der Waals surface area contributed by atoms with Crippen molar-refractivity contribution in [2.24, 2.45) is 0 Å². The van der Waals surface area contributed by atoms with Crippen LogP contribution >= 0.6 is 11.6 Å². The number of methoxy groups -OCH3 is 1. The largest absolute Gasteiger partial charge is 0.495 e. The Bertz CT molecular complexity index is 528. The van der Waals surface area contributed by atoms with Crippen LogP contribution in [0.1, 0.15) is 17.5 Å². The third-order valence-corrected chi connectivity index (χ3v) is 3.50. The van der Waals surface area contributed by atoms with Crippen molar-refractivity contribution in [1.29, 1.82) is 0 Å². The van der Waals surface area contributed by atoms with Crippen molar-refractivity contribution in [3.8, 4) is 5.75 Å². The SMILES string of the molecule is COc1ccc(CNCCCc2ccccc2)cc1Cl. The molecule has 2 rings (SSSR count). The van der Waals surface area contributed by atoms with Crippen molar-refractivity contribution in [1.82, 2.24) is 5.32 Å². The van der Waals surface area contributed by atoms with Gasteiger partial charge in [0.15, 0.2) is 0 Å². The summed E-state index contributed by atoms with van der Waals surface area (Å²) in [4.78, 5) is 0. The number of hydrogen-bond donors (Lipinski definition) is 1. The van der Waals surface area contributed by atoms with Crippen LogP contribution in [0, 0.1) is 0 Å². The lowest BCUT2D eigenvalue weighted by Gasteiger charge is -2.08. The third-order valence-electron chi connectivity index (χ3n) is 3.21. The van der Waals surface area contributed by atoms with Crippen LogP contribution in [0.4, 0.5) is 0 Å². The van der Waals surface area contributed by atoms with Crippen LogP contribution in [0.5, 0.6) is 5.75 Å². The maximum atomic E-state index is 6.10. The Hall–Kier alpha value is -1.51. The molecule has 0 bridgehead atoms. The number of ether oxygens (including phenoxy) is 1. The molecule has 1 N–H and O–H groups in total. The molecule has 2 nitrogen and oxygen atoms in total. The number of hydrogen-bond acceptors (Lipinski definition) is 2. The van der Waals surface area contributed by atoms with E-state index in [0.29, 0.717) is 5.02 Å². The van der Waals surface area contributed by atoms with E-state index in [0.717, 1.165) is 31.7 Å². The zero-order chi connectivity index (χ0) is 14.2. The van der Waals surface area contributed by atoms with Crippen molar-refractivity contribution in [3.05, 3.63) is 64.7 Å². The van der Waals surface area contributed by atoms with Crippen LogP contribution in [0.3, 0.4) is 0 Å². The summed E-state index contributed by atoms with van der Waals surface area (Å²) in [5.41, 5.74) is 2.57. The van der Waals surface area contributed by atoms with Crippen molar-refractivity contribution < 1.29 is 4.74 Å². The Kier molecular flexibility index (Phi) is 5.90. The molecule has 0 fully saturated rings. The zero-order valence-corrected chi connectivity index (χ0v) is 12.5. The molecule has 0 saturated carbocycles. The Balaban J connectivity index is 1.69. The summed E-state index contributed by atoms with van der Waals surface area (Å²) in [5, 5.41) is 4.10. The monoisotopic (exact) mass is 289 g/mol. The van der Waals surface area contributed by atoms with Gasteiger partial charge >= 0.3 is 0 Å². The number of benzene rings is 2. The van der Waals surface area contributed by atoms with Gasteiger partial charge in [-0.15, -0.1) is 0 Å². The highest BCUT2D eigenvalue weighted by atomic mass is 35.5. The molecule has 0 unspecified atom stereocenters. The van der Waals surface area contributed by atoms with Gasteiger partial charge in [-0.2, -0.15) is 0 Å². The fourth-order valence-corrected chi connectivity index (χ4v) is 2.40. The van der Waals surface area contributed by atoms with E-state index in [-0.39, 0.29) is 0 Å². The van der Waals surface area contributed by atoms with Crippen LogP contribution < -0.4 is 10.1 Å². The van der Waals surface area contributed by atoms with E-state index >= 15 is 0 Å². The molecule has 0 radical (unpaired) electrons. The molecular formula is C17H20ClNO. The van der Waals surface area contributed by atoms with Crippen LogP contribution in [0.25, 0.3) is 0 Å². The van der Waals surface area contributed by atoms with E-state index in [4.69, 9.17) is 16.3 Å². The molecule has 2 aromatic rings. The first-order chi connectivity index (χ1) is 9.79. The number of rotatable bonds is 7. The minimum absolute atomic E-state index is 0.663. The number of nitrogens with one attached hydrogen (secondary N) is 1. The molecule has 0 spiro atoms. The Morgan fingerprint density at radius 1 is 1.05 bits per heavy atom. The molecule has 0 atom stereocenters. The molecule has 0 aliphatic carbocycles. The van der Waals surface area contributed by atoms with Crippen molar-refractivity contribution in [2.45, 2.75) is 19.4 Å². The van der Waals surface area contributed by atoms with Crippen LogP contribution in [0.2, 0.25) is 5.02 Å². The van der Waals surface area contributed by atoms with Gasteiger partial charge in [-0.05, 0) is 42.6 Å². The van der Waals surface area contributed by atoms with Crippen molar-refractivity contribution in [3.63, 3.8) is 0 Å². The molecule has 0 aliphatic rings. The van der Waals surface area contributed by atoms with Gasteiger partial charge in [0.25, 0.3) is 0 Å². The summed E-state index contributed by atoms with van der Waals surface area (Å²) in [5.74, 6) is 0.722. The van der Waals surface area contributed by atoms with Gasteiger partial charge in [-0.3, -0.25) is 0 Å². The van der Waals surface area contributed by atoms with Gasteiger partial charge in [0.05, 0.1) is 12.1 Å². The average Bonchev–Trinajstić information content (AvgIpc) is 2.48.